The number of piperazine rings is 1. The van der Waals surface area contributed by atoms with Gasteiger partial charge in [0, 0.05) is 31.9 Å². The number of aromatic nitrogens is 1. The molecule has 0 amide bonds. The Bertz CT molecular complexity index is 316. The minimum Gasteiger partial charge on any atom is -0.353 e. The van der Waals surface area contributed by atoms with Crippen molar-refractivity contribution in [3.63, 3.8) is 0 Å². The Morgan fingerprint density at radius 2 is 2.50 bits per heavy atom. The maximum atomic E-state index is 6.08. The molecule has 0 unspecified atom stereocenters. The Labute approximate surface area is 89.1 Å². The summed E-state index contributed by atoms with van der Waals surface area (Å²) in [4.78, 5) is 6.53. The average Bonchev–Trinajstić information content (AvgIpc) is 2.18. The molecule has 1 fully saturated rings. The first-order valence-corrected chi connectivity index (χ1v) is 5.24. The van der Waals surface area contributed by atoms with Crippen LogP contribution in [0.3, 0.4) is 0 Å². The first-order valence-electron chi connectivity index (χ1n) is 4.86. The van der Waals surface area contributed by atoms with Crippen molar-refractivity contribution in [3.8, 4) is 0 Å². The molecule has 14 heavy (non-hydrogen) atoms. The van der Waals surface area contributed by atoms with E-state index in [2.05, 4.69) is 22.1 Å². The predicted octanol–water partition coefficient (Wildman–Crippen LogP) is 1.53. The Hall–Kier alpha value is -0.800. The fraction of sp³-hybridized carbons (Fsp3) is 0.500. The highest BCUT2D eigenvalue weighted by molar-refractivity contribution is 6.32. The highest BCUT2D eigenvalue weighted by Crippen LogP contribution is 2.22. The molecular weight excluding hydrogens is 198 g/mol. The van der Waals surface area contributed by atoms with Gasteiger partial charge in [0.15, 0.2) is 0 Å². The van der Waals surface area contributed by atoms with Crippen LogP contribution in [0.5, 0.6) is 0 Å². The lowest BCUT2D eigenvalue weighted by Gasteiger charge is -2.33. The first kappa shape index (κ1) is 9.74. The molecule has 1 aromatic heterocycles. The Morgan fingerprint density at radius 1 is 1.64 bits per heavy atom. The highest BCUT2D eigenvalue weighted by Gasteiger charge is 2.18. The largest absolute Gasteiger partial charge is 0.353 e. The lowest BCUT2D eigenvalue weighted by Crippen LogP contribution is -2.49. The number of halogens is 1. The van der Waals surface area contributed by atoms with Crippen LogP contribution in [-0.4, -0.2) is 30.7 Å². The van der Waals surface area contributed by atoms with E-state index in [1.54, 1.807) is 6.20 Å². The molecule has 1 N–H and O–H groups in total. The minimum absolute atomic E-state index is 0.502. The van der Waals surface area contributed by atoms with Crippen molar-refractivity contribution in [3.05, 3.63) is 23.4 Å². The van der Waals surface area contributed by atoms with Crippen molar-refractivity contribution in [2.45, 2.75) is 13.0 Å². The molecule has 0 bridgehead atoms. The van der Waals surface area contributed by atoms with E-state index in [0.717, 1.165) is 30.5 Å². The van der Waals surface area contributed by atoms with Crippen LogP contribution in [0.15, 0.2) is 18.3 Å². The summed E-state index contributed by atoms with van der Waals surface area (Å²) in [6.45, 7) is 5.11. The lowest BCUT2D eigenvalue weighted by atomic mass is 10.2. The second-order valence-electron chi connectivity index (χ2n) is 3.61. The standard InChI is InChI=1S/C10H14ClN3/c1-8-7-14(6-5-12-8)10-9(11)3-2-4-13-10/h2-4,8,12H,5-7H2,1H3/t8-/m1/s1. The molecule has 1 aliphatic heterocycles. The highest BCUT2D eigenvalue weighted by atomic mass is 35.5. The second-order valence-corrected chi connectivity index (χ2v) is 4.02. The van der Waals surface area contributed by atoms with Gasteiger partial charge in [-0.1, -0.05) is 11.6 Å². The summed E-state index contributed by atoms with van der Waals surface area (Å²) >= 11 is 6.08. The number of nitrogens with one attached hydrogen (secondary N) is 1. The van der Waals surface area contributed by atoms with E-state index in [-0.39, 0.29) is 0 Å². The summed E-state index contributed by atoms with van der Waals surface area (Å²) < 4.78 is 0. The van der Waals surface area contributed by atoms with Gasteiger partial charge in [-0.3, -0.25) is 0 Å². The molecule has 0 aliphatic carbocycles. The van der Waals surface area contributed by atoms with E-state index in [4.69, 9.17) is 11.6 Å². The monoisotopic (exact) mass is 211 g/mol. The normalized spacial score (nSPS) is 22.4. The number of nitrogens with zero attached hydrogens (tertiary/aromatic N) is 2. The number of rotatable bonds is 1. The van der Waals surface area contributed by atoms with Gasteiger partial charge in [-0.25, -0.2) is 4.98 Å². The molecule has 2 heterocycles. The molecule has 1 aromatic rings. The van der Waals surface area contributed by atoms with Gasteiger partial charge in [-0.05, 0) is 19.1 Å². The van der Waals surface area contributed by atoms with Crippen molar-refractivity contribution in [1.82, 2.24) is 10.3 Å². The van der Waals surface area contributed by atoms with Crippen LogP contribution >= 0.6 is 11.6 Å². The zero-order chi connectivity index (χ0) is 9.97. The summed E-state index contributed by atoms with van der Waals surface area (Å²) in [6.07, 6.45) is 1.79. The third-order valence-corrected chi connectivity index (χ3v) is 2.70. The Kier molecular flexibility index (Phi) is 2.89. The minimum atomic E-state index is 0.502. The smallest absolute Gasteiger partial charge is 0.147 e. The molecule has 4 heteroatoms. The molecule has 0 radical (unpaired) electrons. The molecule has 0 spiro atoms. The summed E-state index contributed by atoms with van der Waals surface area (Å²) in [7, 11) is 0. The predicted molar refractivity (Wildman–Crippen MR) is 58.9 cm³/mol. The molecule has 76 valence electrons. The average molecular weight is 212 g/mol. The van der Waals surface area contributed by atoms with Crippen molar-refractivity contribution < 1.29 is 0 Å². The molecule has 1 saturated heterocycles. The summed E-state index contributed by atoms with van der Waals surface area (Å²) in [6, 6.07) is 4.25. The van der Waals surface area contributed by atoms with Gasteiger partial charge in [0.1, 0.15) is 5.82 Å². The van der Waals surface area contributed by atoms with Crippen LogP contribution in [0.2, 0.25) is 5.02 Å². The molecule has 0 aromatic carbocycles. The maximum absolute atomic E-state index is 6.08. The molecule has 0 saturated carbocycles. The van der Waals surface area contributed by atoms with E-state index in [9.17, 15) is 0 Å². The van der Waals surface area contributed by atoms with E-state index in [0.29, 0.717) is 6.04 Å². The van der Waals surface area contributed by atoms with Crippen LogP contribution in [0.4, 0.5) is 5.82 Å². The second kappa shape index (κ2) is 4.15. The van der Waals surface area contributed by atoms with Gasteiger partial charge >= 0.3 is 0 Å². The number of hydrogen-bond acceptors (Lipinski definition) is 3. The van der Waals surface area contributed by atoms with Crippen molar-refractivity contribution in [2.24, 2.45) is 0 Å². The van der Waals surface area contributed by atoms with Gasteiger partial charge in [-0.2, -0.15) is 0 Å². The quantitative estimate of drug-likeness (QED) is 0.764. The SMILES string of the molecule is C[C@@H]1CN(c2ncccc2Cl)CCN1. The van der Waals surface area contributed by atoms with Crippen LogP contribution in [0.25, 0.3) is 0 Å². The lowest BCUT2D eigenvalue weighted by molar-refractivity contribution is 0.482. The molecule has 3 nitrogen and oxygen atoms in total. The molecular formula is C10H14ClN3. The van der Waals surface area contributed by atoms with Gasteiger partial charge in [0.2, 0.25) is 0 Å². The zero-order valence-electron chi connectivity index (χ0n) is 8.20. The first-order chi connectivity index (χ1) is 6.77. The Balaban J connectivity index is 2.18. The van der Waals surface area contributed by atoms with Crippen LogP contribution in [0, 0.1) is 0 Å². The van der Waals surface area contributed by atoms with Gasteiger partial charge in [0.05, 0.1) is 5.02 Å². The Morgan fingerprint density at radius 3 is 3.21 bits per heavy atom. The van der Waals surface area contributed by atoms with Crippen molar-refractivity contribution in [1.29, 1.82) is 0 Å². The summed E-state index contributed by atoms with van der Waals surface area (Å²) in [5.74, 6) is 0.905. The zero-order valence-corrected chi connectivity index (χ0v) is 8.96. The van der Waals surface area contributed by atoms with Gasteiger partial charge in [-0.15, -0.1) is 0 Å². The van der Waals surface area contributed by atoms with E-state index in [1.165, 1.54) is 0 Å². The van der Waals surface area contributed by atoms with E-state index >= 15 is 0 Å². The van der Waals surface area contributed by atoms with Crippen molar-refractivity contribution >= 4 is 17.4 Å². The van der Waals surface area contributed by atoms with Crippen molar-refractivity contribution in [2.75, 3.05) is 24.5 Å². The van der Waals surface area contributed by atoms with Gasteiger partial charge < -0.3 is 10.2 Å². The maximum Gasteiger partial charge on any atom is 0.147 e. The number of anilines is 1. The molecule has 1 atom stereocenters. The third-order valence-electron chi connectivity index (χ3n) is 2.41. The summed E-state index contributed by atoms with van der Waals surface area (Å²) in [5.41, 5.74) is 0. The van der Waals surface area contributed by atoms with Crippen LogP contribution < -0.4 is 10.2 Å². The number of pyridine rings is 1. The molecule has 1 aliphatic rings. The van der Waals surface area contributed by atoms with Crippen LogP contribution in [0.1, 0.15) is 6.92 Å². The topological polar surface area (TPSA) is 28.2 Å². The third kappa shape index (κ3) is 1.99. The van der Waals surface area contributed by atoms with E-state index < -0.39 is 0 Å². The number of hydrogen-bond donors (Lipinski definition) is 1. The molecule has 2 rings (SSSR count). The van der Waals surface area contributed by atoms with E-state index in [1.807, 2.05) is 12.1 Å². The van der Waals surface area contributed by atoms with Gasteiger partial charge in [0.25, 0.3) is 0 Å². The fourth-order valence-electron chi connectivity index (χ4n) is 1.73. The summed E-state index contributed by atoms with van der Waals surface area (Å²) in [5, 5.41) is 4.13. The van der Waals surface area contributed by atoms with Crippen LogP contribution in [-0.2, 0) is 0 Å². The fourth-order valence-corrected chi connectivity index (χ4v) is 1.98.